The van der Waals surface area contributed by atoms with Crippen molar-refractivity contribution in [3.05, 3.63) is 23.9 Å². The summed E-state index contributed by atoms with van der Waals surface area (Å²) >= 11 is 0. The van der Waals surface area contributed by atoms with Crippen molar-refractivity contribution in [1.82, 2.24) is 19.9 Å². The minimum atomic E-state index is -4.65. The van der Waals surface area contributed by atoms with Crippen LogP contribution in [0.15, 0.2) is 18.3 Å². The number of likely N-dealkylation sites (tertiary alicyclic amines) is 1. The van der Waals surface area contributed by atoms with E-state index in [9.17, 15) is 18.0 Å². The number of nitrogens with zero attached hydrogens (tertiary/aromatic N) is 5. The molecule has 0 aromatic carbocycles. The number of ether oxygens (including phenoxy) is 2. The summed E-state index contributed by atoms with van der Waals surface area (Å²) in [5.41, 5.74) is 4.37. The maximum absolute atomic E-state index is 13.7. The van der Waals surface area contributed by atoms with Gasteiger partial charge in [0.05, 0.1) is 31.0 Å². The fraction of sp³-hybridized carbons (Fsp3) is 0.500. The van der Waals surface area contributed by atoms with E-state index in [1.54, 1.807) is 4.90 Å². The van der Waals surface area contributed by atoms with Gasteiger partial charge >= 0.3 is 6.18 Å². The van der Waals surface area contributed by atoms with Gasteiger partial charge in [0.1, 0.15) is 11.9 Å². The Morgan fingerprint density at radius 2 is 1.97 bits per heavy atom. The van der Waals surface area contributed by atoms with Crippen LogP contribution >= 0.6 is 0 Å². The van der Waals surface area contributed by atoms with Gasteiger partial charge in [0, 0.05) is 50.8 Å². The molecule has 4 rings (SSSR count). The highest BCUT2D eigenvalue weighted by Crippen LogP contribution is 2.38. The van der Waals surface area contributed by atoms with Crippen LogP contribution in [-0.4, -0.2) is 71.3 Å². The fourth-order valence-corrected chi connectivity index (χ4v) is 3.71. The number of nitrogen functional groups attached to an aromatic ring is 1. The number of aromatic nitrogens is 3. The van der Waals surface area contributed by atoms with Gasteiger partial charge in [-0.25, -0.2) is 9.97 Å². The smallest absolute Gasteiger partial charge is 0.417 e. The second kappa shape index (κ2) is 8.77. The molecule has 4 heterocycles. The van der Waals surface area contributed by atoms with Crippen molar-refractivity contribution in [2.45, 2.75) is 25.6 Å². The normalized spacial score (nSPS) is 19.3. The van der Waals surface area contributed by atoms with Crippen LogP contribution in [0.2, 0.25) is 0 Å². The van der Waals surface area contributed by atoms with Crippen LogP contribution in [0, 0.1) is 0 Å². The third-order valence-corrected chi connectivity index (χ3v) is 5.37. The summed E-state index contributed by atoms with van der Waals surface area (Å²) < 4.78 is 52.4. The molecule has 2 fully saturated rings. The first-order valence-corrected chi connectivity index (χ1v) is 10.2. The number of anilines is 2. The second-order valence-corrected chi connectivity index (χ2v) is 7.64. The zero-order valence-corrected chi connectivity index (χ0v) is 17.4. The third-order valence-electron chi connectivity index (χ3n) is 5.37. The molecular formula is C20H23F3N6O3. The number of hydrogen-bond acceptors (Lipinski definition) is 8. The standard InChI is InChI=1S/C20H23F3N6O3/c1-12(30)29-3-2-13(11-29)32-18-9-16(26-19(27-18)28-4-6-31-7-5-28)14-10-25-17(24)8-15(14)20(21,22)23/h8-10,13H,2-7,11H2,1H3,(H2,24,25)/t13-/m1/s1. The van der Waals surface area contributed by atoms with Crippen LogP contribution in [0.3, 0.4) is 0 Å². The maximum atomic E-state index is 13.7. The Kier molecular flexibility index (Phi) is 6.04. The number of carbonyl (C=O) groups is 1. The molecule has 1 amide bonds. The van der Waals surface area contributed by atoms with Gasteiger partial charge in [0.2, 0.25) is 17.7 Å². The number of amides is 1. The number of halogens is 3. The summed E-state index contributed by atoms with van der Waals surface area (Å²) in [6.07, 6.45) is -3.31. The van der Waals surface area contributed by atoms with Crippen LogP contribution in [-0.2, 0) is 15.7 Å². The molecule has 9 nitrogen and oxygen atoms in total. The number of rotatable bonds is 4. The van der Waals surface area contributed by atoms with Crippen molar-refractivity contribution < 1.29 is 27.4 Å². The molecule has 2 aliphatic heterocycles. The van der Waals surface area contributed by atoms with E-state index in [-0.39, 0.29) is 40.9 Å². The third kappa shape index (κ3) is 4.85. The average Bonchev–Trinajstić information content (AvgIpc) is 3.22. The van der Waals surface area contributed by atoms with E-state index in [1.165, 1.54) is 13.0 Å². The Balaban J connectivity index is 1.72. The minimum Gasteiger partial charge on any atom is -0.472 e. The van der Waals surface area contributed by atoms with Gasteiger partial charge in [0.15, 0.2) is 0 Å². The first-order valence-electron chi connectivity index (χ1n) is 10.2. The average molecular weight is 452 g/mol. The lowest BCUT2D eigenvalue weighted by atomic mass is 10.1. The van der Waals surface area contributed by atoms with E-state index < -0.39 is 11.7 Å². The van der Waals surface area contributed by atoms with Crippen LogP contribution in [0.25, 0.3) is 11.3 Å². The zero-order valence-electron chi connectivity index (χ0n) is 17.4. The Hall–Kier alpha value is -3.15. The van der Waals surface area contributed by atoms with Crippen molar-refractivity contribution in [2.24, 2.45) is 0 Å². The van der Waals surface area contributed by atoms with Gasteiger partial charge in [-0.05, 0) is 6.07 Å². The number of hydrogen-bond donors (Lipinski definition) is 1. The molecule has 2 aromatic rings. The summed E-state index contributed by atoms with van der Waals surface area (Å²) in [4.78, 5) is 27.7. The number of morpholine rings is 1. The summed E-state index contributed by atoms with van der Waals surface area (Å²) in [6.45, 7) is 4.32. The quantitative estimate of drug-likeness (QED) is 0.751. The lowest BCUT2D eigenvalue weighted by Crippen LogP contribution is -2.37. The molecule has 1 atom stereocenters. The van der Waals surface area contributed by atoms with Gasteiger partial charge < -0.3 is 25.0 Å². The summed E-state index contributed by atoms with van der Waals surface area (Å²) in [5.74, 6) is 0.0792. The molecule has 0 radical (unpaired) electrons. The fourth-order valence-electron chi connectivity index (χ4n) is 3.71. The molecule has 32 heavy (non-hydrogen) atoms. The molecule has 0 spiro atoms. The summed E-state index contributed by atoms with van der Waals surface area (Å²) in [6, 6.07) is 2.15. The molecule has 0 bridgehead atoms. The van der Waals surface area contributed by atoms with Crippen molar-refractivity contribution >= 4 is 17.7 Å². The van der Waals surface area contributed by atoms with Gasteiger partial charge in [-0.3, -0.25) is 4.79 Å². The molecule has 0 aliphatic carbocycles. The van der Waals surface area contributed by atoms with E-state index in [4.69, 9.17) is 15.2 Å². The van der Waals surface area contributed by atoms with Crippen molar-refractivity contribution in [3.8, 4) is 17.1 Å². The molecule has 12 heteroatoms. The second-order valence-electron chi connectivity index (χ2n) is 7.64. The van der Waals surface area contributed by atoms with Crippen LogP contribution in [0.4, 0.5) is 24.9 Å². The Morgan fingerprint density at radius 1 is 1.22 bits per heavy atom. The lowest BCUT2D eigenvalue weighted by molar-refractivity contribution is -0.137. The molecule has 2 aliphatic rings. The zero-order chi connectivity index (χ0) is 22.9. The lowest BCUT2D eigenvalue weighted by Gasteiger charge is -2.27. The van der Waals surface area contributed by atoms with Crippen LogP contribution in [0.1, 0.15) is 18.9 Å². The van der Waals surface area contributed by atoms with E-state index in [2.05, 4.69) is 15.0 Å². The number of carbonyl (C=O) groups excluding carboxylic acids is 1. The van der Waals surface area contributed by atoms with Gasteiger partial charge in [0.25, 0.3) is 0 Å². The first kappa shape index (κ1) is 22.1. The molecule has 2 aromatic heterocycles. The van der Waals surface area contributed by atoms with Crippen molar-refractivity contribution in [3.63, 3.8) is 0 Å². The topological polar surface area (TPSA) is 107 Å². The van der Waals surface area contributed by atoms with Gasteiger partial charge in [-0.15, -0.1) is 0 Å². The SMILES string of the molecule is CC(=O)N1CC[C@@H](Oc2cc(-c3cnc(N)cc3C(F)(F)F)nc(N3CCOCC3)n2)C1. The Bertz CT molecular complexity index is 997. The van der Waals surface area contributed by atoms with Gasteiger partial charge in [-0.2, -0.15) is 18.2 Å². The van der Waals surface area contributed by atoms with Crippen molar-refractivity contribution in [1.29, 1.82) is 0 Å². The van der Waals surface area contributed by atoms with E-state index in [1.807, 2.05) is 4.90 Å². The molecule has 0 unspecified atom stereocenters. The highest BCUT2D eigenvalue weighted by molar-refractivity contribution is 5.73. The number of pyridine rings is 1. The Morgan fingerprint density at radius 3 is 2.62 bits per heavy atom. The number of alkyl halides is 3. The molecular weight excluding hydrogens is 429 g/mol. The molecule has 0 saturated carbocycles. The highest BCUT2D eigenvalue weighted by atomic mass is 19.4. The van der Waals surface area contributed by atoms with Crippen LogP contribution < -0.4 is 15.4 Å². The summed E-state index contributed by atoms with van der Waals surface area (Å²) in [5, 5.41) is 0. The molecule has 172 valence electrons. The van der Waals surface area contributed by atoms with E-state index in [0.29, 0.717) is 45.8 Å². The van der Waals surface area contributed by atoms with Gasteiger partial charge in [-0.1, -0.05) is 0 Å². The molecule has 2 N–H and O–H groups in total. The van der Waals surface area contributed by atoms with E-state index in [0.717, 1.165) is 12.3 Å². The first-order chi connectivity index (χ1) is 15.2. The monoisotopic (exact) mass is 452 g/mol. The van der Waals surface area contributed by atoms with Crippen LogP contribution in [0.5, 0.6) is 5.88 Å². The number of nitrogens with two attached hydrogens (primary N) is 1. The Labute approximate surface area is 182 Å². The minimum absolute atomic E-state index is 0.0257. The van der Waals surface area contributed by atoms with Crippen molar-refractivity contribution in [2.75, 3.05) is 50.0 Å². The van der Waals surface area contributed by atoms with E-state index >= 15 is 0 Å². The predicted octanol–water partition coefficient (Wildman–Crippen LogP) is 1.98. The molecule has 2 saturated heterocycles. The summed E-state index contributed by atoms with van der Waals surface area (Å²) in [7, 11) is 0. The largest absolute Gasteiger partial charge is 0.472 e. The highest BCUT2D eigenvalue weighted by Gasteiger charge is 2.35. The predicted molar refractivity (Wildman–Crippen MR) is 109 cm³/mol. The maximum Gasteiger partial charge on any atom is 0.417 e.